The second-order valence-corrected chi connectivity index (χ2v) is 10.3. The minimum Gasteiger partial charge on any atom is -0.507 e. The molecule has 0 bridgehead atoms. The molecule has 0 atom stereocenters. The first-order valence-electron chi connectivity index (χ1n) is 13.1. The van der Waals surface area contributed by atoms with E-state index >= 15 is 0 Å². The van der Waals surface area contributed by atoms with Crippen molar-refractivity contribution in [2.45, 2.75) is 62.3 Å². The number of carboxylic acids is 1. The van der Waals surface area contributed by atoms with E-state index in [9.17, 15) is 29.7 Å². The number of aromatic carboxylic acids is 1. The van der Waals surface area contributed by atoms with Gasteiger partial charge in [-0.15, -0.1) is 0 Å². The lowest BCUT2D eigenvalue weighted by Gasteiger charge is -2.22. The van der Waals surface area contributed by atoms with Gasteiger partial charge >= 0.3 is 17.9 Å². The smallest absolute Gasteiger partial charge is 0.347 e. The maximum absolute atomic E-state index is 13.5. The molecular weight excluding hydrogens is 544 g/mol. The molecule has 0 amide bonds. The summed E-state index contributed by atoms with van der Waals surface area (Å²) in [5.41, 5.74) is 3.29. The monoisotopic (exact) mass is 580 g/mol. The summed E-state index contributed by atoms with van der Waals surface area (Å²) in [5, 5.41) is 31.3. The molecule has 0 unspecified atom stereocenters. The van der Waals surface area contributed by atoms with Crippen LogP contribution in [0.1, 0.15) is 81.1 Å². The second kappa shape index (κ2) is 11.6. The van der Waals surface area contributed by atoms with E-state index in [1.54, 1.807) is 55.4 Å². The Kier molecular flexibility index (Phi) is 8.81. The van der Waals surface area contributed by atoms with Crippen molar-refractivity contribution in [3.8, 4) is 34.5 Å². The van der Waals surface area contributed by atoms with Crippen LogP contribution >= 0.6 is 0 Å². The summed E-state index contributed by atoms with van der Waals surface area (Å²) in [5.74, 6) is -2.83. The predicted molar refractivity (Wildman–Crippen MR) is 155 cm³/mol. The van der Waals surface area contributed by atoms with Gasteiger partial charge in [-0.2, -0.15) is 0 Å². The fraction of sp³-hybridized carbons (Fsp3) is 0.344. The van der Waals surface area contributed by atoms with Crippen LogP contribution in [0.25, 0.3) is 0 Å². The molecular formula is C32H36O10. The summed E-state index contributed by atoms with van der Waals surface area (Å²) in [6.45, 7) is 14.5. The van der Waals surface area contributed by atoms with E-state index in [0.29, 0.717) is 44.5 Å². The van der Waals surface area contributed by atoms with Crippen molar-refractivity contribution in [1.29, 1.82) is 0 Å². The number of carbonyl (C=O) groups excluding carboxylic acids is 2. The molecule has 0 fully saturated rings. The molecule has 3 aromatic carbocycles. The number of rotatable bonds is 7. The average molecular weight is 581 g/mol. The third kappa shape index (κ3) is 4.97. The van der Waals surface area contributed by atoms with E-state index in [-0.39, 0.29) is 51.0 Å². The normalized spacial score (nSPS) is 10.8. The molecule has 0 saturated carbocycles. The van der Waals surface area contributed by atoms with Gasteiger partial charge in [-0.1, -0.05) is 0 Å². The van der Waals surface area contributed by atoms with Crippen LogP contribution in [0.2, 0.25) is 0 Å². The number of aromatic hydroxyl groups is 2. The third-order valence-electron chi connectivity index (χ3n) is 8.03. The number of ether oxygens (including phenoxy) is 4. The lowest BCUT2D eigenvalue weighted by atomic mass is 9.95. The van der Waals surface area contributed by atoms with Crippen LogP contribution in [0.3, 0.4) is 0 Å². The Labute approximate surface area is 244 Å². The third-order valence-corrected chi connectivity index (χ3v) is 8.03. The van der Waals surface area contributed by atoms with Crippen molar-refractivity contribution in [2.24, 2.45) is 0 Å². The molecule has 10 heteroatoms. The molecule has 3 aromatic rings. The maximum atomic E-state index is 13.5. The van der Waals surface area contributed by atoms with Crippen molar-refractivity contribution >= 4 is 17.9 Å². The van der Waals surface area contributed by atoms with E-state index in [1.807, 2.05) is 0 Å². The predicted octanol–water partition coefficient (Wildman–Crippen LogP) is 6.03. The van der Waals surface area contributed by atoms with Gasteiger partial charge in [0.15, 0.2) is 0 Å². The maximum Gasteiger partial charge on any atom is 0.347 e. The molecule has 0 aliphatic carbocycles. The molecule has 0 aromatic heterocycles. The zero-order chi connectivity index (χ0) is 32.0. The van der Waals surface area contributed by atoms with Crippen molar-refractivity contribution in [1.82, 2.24) is 0 Å². The van der Waals surface area contributed by atoms with Crippen LogP contribution in [-0.2, 0) is 0 Å². The molecule has 0 saturated heterocycles. The van der Waals surface area contributed by atoms with Crippen LogP contribution in [0.15, 0.2) is 0 Å². The van der Waals surface area contributed by atoms with Crippen molar-refractivity contribution in [2.75, 3.05) is 14.2 Å². The molecule has 0 heterocycles. The fourth-order valence-corrected chi connectivity index (χ4v) is 5.18. The van der Waals surface area contributed by atoms with Crippen molar-refractivity contribution in [3.05, 3.63) is 66.8 Å². The summed E-state index contributed by atoms with van der Waals surface area (Å²) in [4.78, 5) is 38.8. The minimum atomic E-state index is -1.18. The first-order chi connectivity index (χ1) is 19.5. The summed E-state index contributed by atoms with van der Waals surface area (Å²) < 4.78 is 22.3. The second-order valence-electron chi connectivity index (χ2n) is 10.3. The SMILES string of the molecule is COc1c(C)c(O)c(C)c(C)c1C(=O)Oc1c(C)c(C)c(C(=O)Oc2c(C)c(C)c(C(=O)O)c(OC)c2C)c(O)c1C. The zero-order valence-electron chi connectivity index (χ0n) is 25.7. The van der Waals surface area contributed by atoms with Gasteiger partial charge in [0.05, 0.1) is 14.2 Å². The first kappa shape index (κ1) is 31.8. The van der Waals surface area contributed by atoms with Crippen LogP contribution in [0, 0.1) is 62.3 Å². The number of phenolic OH excluding ortho intramolecular Hbond substituents is 2. The van der Waals surface area contributed by atoms with E-state index in [1.165, 1.54) is 21.1 Å². The highest BCUT2D eigenvalue weighted by molar-refractivity contribution is 6.00. The highest BCUT2D eigenvalue weighted by Gasteiger charge is 2.31. The highest BCUT2D eigenvalue weighted by Crippen LogP contribution is 2.43. The summed E-state index contributed by atoms with van der Waals surface area (Å²) in [6.07, 6.45) is 0. The van der Waals surface area contributed by atoms with E-state index in [2.05, 4.69) is 0 Å². The van der Waals surface area contributed by atoms with Gasteiger partial charge in [0.25, 0.3) is 0 Å². The van der Waals surface area contributed by atoms with Gasteiger partial charge in [0.1, 0.15) is 51.2 Å². The lowest BCUT2D eigenvalue weighted by molar-refractivity contribution is 0.0689. The molecule has 42 heavy (non-hydrogen) atoms. The molecule has 0 spiro atoms. The summed E-state index contributed by atoms with van der Waals surface area (Å²) in [7, 11) is 2.71. The Bertz CT molecular complexity index is 1630. The topological polar surface area (TPSA) is 149 Å². The van der Waals surface area contributed by atoms with Gasteiger partial charge in [-0.05, 0) is 95.7 Å². The Balaban J connectivity index is 2.11. The Morgan fingerprint density at radius 1 is 0.452 bits per heavy atom. The zero-order valence-corrected chi connectivity index (χ0v) is 25.7. The number of phenols is 2. The number of carbonyl (C=O) groups is 3. The number of methoxy groups -OCH3 is 2. The van der Waals surface area contributed by atoms with E-state index in [4.69, 9.17) is 18.9 Å². The fourth-order valence-electron chi connectivity index (χ4n) is 5.18. The number of hydrogen-bond acceptors (Lipinski definition) is 9. The van der Waals surface area contributed by atoms with Crippen LogP contribution < -0.4 is 18.9 Å². The Morgan fingerprint density at radius 3 is 1.31 bits per heavy atom. The van der Waals surface area contributed by atoms with Crippen molar-refractivity contribution in [3.63, 3.8) is 0 Å². The van der Waals surface area contributed by atoms with E-state index < -0.39 is 23.7 Å². The average Bonchev–Trinajstić information content (AvgIpc) is 2.94. The lowest BCUT2D eigenvalue weighted by Crippen LogP contribution is -2.18. The standard InChI is InChI=1S/C32H36O10/c1-12-15(4)24(33)18(7)28(39-10)23(12)32(38)41-26-16(5)13(2)21(25(34)19(26)8)31(37)42-27-17(6)14(3)22(30(35)36)29(40-11)20(27)9/h33-34H,1-11H3,(H,35,36). The Hall–Kier alpha value is -4.73. The largest absolute Gasteiger partial charge is 0.507 e. The van der Waals surface area contributed by atoms with Gasteiger partial charge in [0.2, 0.25) is 0 Å². The number of hydrogen-bond donors (Lipinski definition) is 3. The highest BCUT2D eigenvalue weighted by atomic mass is 16.5. The molecule has 224 valence electrons. The van der Waals surface area contributed by atoms with Gasteiger partial charge in [-0.25, -0.2) is 14.4 Å². The number of benzene rings is 3. The minimum absolute atomic E-state index is 0.0144. The molecule has 10 nitrogen and oxygen atoms in total. The first-order valence-corrected chi connectivity index (χ1v) is 13.1. The molecule has 3 N–H and O–H groups in total. The quantitative estimate of drug-likeness (QED) is 0.223. The Morgan fingerprint density at radius 2 is 0.833 bits per heavy atom. The van der Waals surface area contributed by atoms with Gasteiger partial charge in [-0.3, -0.25) is 0 Å². The summed E-state index contributed by atoms with van der Waals surface area (Å²) in [6, 6.07) is 0. The van der Waals surface area contributed by atoms with Crippen LogP contribution in [-0.4, -0.2) is 47.4 Å². The van der Waals surface area contributed by atoms with Crippen LogP contribution in [0.4, 0.5) is 0 Å². The molecule has 3 rings (SSSR count). The number of carboxylic acid groups (broad SMARTS) is 1. The van der Waals surface area contributed by atoms with Crippen molar-refractivity contribution < 1.29 is 48.7 Å². The molecule has 0 aliphatic heterocycles. The van der Waals surface area contributed by atoms with Crippen LogP contribution in [0.5, 0.6) is 34.5 Å². The van der Waals surface area contributed by atoms with Gasteiger partial charge < -0.3 is 34.3 Å². The number of esters is 2. The molecule has 0 aliphatic rings. The summed E-state index contributed by atoms with van der Waals surface area (Å²) >= 11 is 0. The van der Waals surface area contributed by atoms with E-state index in [0.717, 1.165) is 0 Å². The molecule has 0 radical (unpaired) electrons. The van der Waals surface area contributed by atoms with Gasteiger partial charge in [0, 0.05) is 16.7 Å².